The third-order valence-corrected chi connectivity index (χ3v) is 4.31. The fraction of sp³-hybridized carbons (Fsp3) is 0.923. The molecule has 0 aromatic rings. The summed E-state index contributed by atoms with van der Waals surface area (Å²) in [6, 6.07) is 0.00905. The highest BCUT2D eigenvalue weighted by molar-refractivity contribution is 5.83. The predicted molar refractivity (Wildman–Crippen MR) is 66.5 cm³/mol. The highest BCUT2D eigenvalue weighted by atomic mass is 16.5. The number of ether oxygens (including phenoxy) is 1. The van der Waals surface area contributed by atoms with Crippen LogP contribution in [0.2, 0.25) is 0 Å². The summed E-state index contributed by atoms with van der Waals surface area (Å²) in [7, 11) is 0. The minimum absolute atomic E-state index is 0.00905. The summed E-state index contributed by atoms with van der Waals surface area (Å²) in [5, 5.41) is 3.02. The zero-order valence-corrected chi connectivity index (χ0v) is 10.7. The van der Waals surface area contributed by atoms with Gasteiger partial charge in [0, 0.05) is 19.2 Å². The van der Waals surface area contributed by atoms with Gasteiger partial charge in [-0.1, -0.05) is 6.42 Å². The summed E-state index contributed by atoms with van der Waals surface area (Å²) in [5.41, 5.74) is 5.66. The molecule has 1 saturated carbocycles. The quantitative estimate of drug-likeness (QED) is 0.779. The normalized spacial score (nSPS) is 38.0. The van der Waals surface area contributed by atoms with E-state index in [9.17, 15) is 4.79 Å². The molecule has 1 heterocycles. The summed E-state index contributed by atoms with van der Waals surface area (Å²) in [6.45, 7) is 3.46. The molecule has 2 rings (SSSR count). The lowest BCUT2D eigenvalue weighted by Gasteiger charge is -2.29. The van der Waals surface area contributed by atoms with Crippen LogP contribution in [0.4, 0.5) is 0 Å². The number of hydrogen-bond acceptors (Lipinski definition) is 3. The Morgan fingerprint density at radius 3 is 2.82 bits per heavy atom. The maximum absolute atomic E-state index is 12.2. The van der Waals surface area contributed by atoms with Crippen molar-refractivity contribution in [3.63, 3.8) is 0 Å². The summed E-state index contributed by atoms with van der Waals surface area (Å²) in [4.78, 5) is 12.2. The number of carbonyl (C=O) groups is 1. The molecule has 0 spiro atoms. The number of amides is 1. The van der Waals surface area contributed by atoms with Crippen LogP contribution in [0, 0.1) is 5.41 Å². The molecule has 3 unspecified atom stereocenters. The molecular weight excluding hydrogens is 216 g/mol. The molecule has 0 aromatic carbocycles. The first-order valence-corrected chi connectivity index (χ1v) is 6.78. The van der Waals surface area contributed by atoms with Gasteiger partial charge in [-0.25, -0.2) is 0 Å². The first-order valence-electron chi connectivity index (χ1n) is 6.78. The van der Waals surface area contributed by atoms with Gasteiger partial charge in [-0.05, 0) is 39.0 Å². The van der Waals surface area contributed by atoms with Crippen molar-refractivity contribution in [2.24, 2.45) is 11.1 Å². The number of nitrogens with two attached hydrogens (primary N) is 1. The molecule has 4 nitrogen and oxygen atoms in total. The second-order valence-corrected chi connectivity index (χ2v) is 5.61. The Kier molecular flexibility index (Phi) is 4.05. The molecule has 3 N–H and O–H groups in total. The van der Waals surface area contributed by atoms with E-state index in [0.717, 1.165) is 38.7 Å². The van der Waals surface area contributed by atoms with Gasteiger partial charge in [-0.3, -0.25) is 4.79 Å². The number of hydrogen-bond donors (Lipinski definition) is 2. The highest BCUT2D eigenvalue weighted by Gasteiger charge is 2.42. The van der Waals surface area contributed by atoms with Gasteiger partial charge in [0.05, 0.1) is 11.5 Å². The van der Waals surface area contributed by atoms with Crippen LogP contribution >= 0.6 is 0 Å². The fourth-order valence-corrected chi connectivity index (χ4v) is 2.85. The Morgan fingerprint density at radius 1 is 1.41 bits per heavy atom. The number of carbonyl (C=O) groups excluding carboxylic acids is 1. The van der Waals surface area contributed by atoms with E-state index >= 15 is 0 Å². The second kappa shape index (κ2) is 5.36. The lowest BCUT2D eigenvalue weighted by atomic mass is 9.84. The van der Waals surface area contributed by atoms with Crippen LogP contribution in [0.15, 0.2) is 0 Å². The second-order valence-electron chi connectivity index (χ2n) is 5.61. The van der Waals surface area contributed by atoms with Crippen molar-refractivity contribution >= 4 is 5.91 Å². The average molecular weight is 240 g/mol. The summed E-state index contributed by atoms with van der Waals surface area (Å²) in [6.07, 6.45) is 6.54. The maximum atomic E-state index is 12.2. The van der Waals surface area contributed by atoms with E-state index in [4.69, 9.17) is 10.5 Å². The molecule has 1 aliphatic carbocycles. The zero-order valence-electron chi connectivity index (χ0n) is 10.7. The summed E-state index contributed by atoms with van der Waals surface area (Å²) in [5.74, 6) is 0.108. The topological polar surface area (TPSA) is 64.3 Å². The Bertz CT molecular complexity index is 277. The van der Waals surface area contributed by atoms with Gasteiger partial charge in [0.25, 0.3) is 0 Å². The first-order chi connectivity index (χ1) is 8.13. The lowest BCUT2D eigenvalue weighted by Crippen LogP contribution is -2.49. The van der Waals surface area contributed by atoms with Crippen LogP contribution in [0.25, 0.3) is 0 Å². The van der Waals surface area contributed by atoms with Gasteiger partial charge >= 0.3 is 0 Å². The van der Waals surface area contributed by atoms with Gasteiger partial charge in [-0.15, -0.1) is 0 Å². The molecule has 98 valence electrons. The van der Waals surface area contributed by atoms with Gasteiger partial charge in [0.15, 0.2) is 0 Å². The Balaban J connectivity index is 1.80. The van der Waals surface area contributed by atoms with Crippen molar-refractivity contribution in [1.82, 2.24) is 5.32 Å². The largest absolute Gasteiger partial charge is 0.376 e. The SMILES string of the molecule is CC1(C(=O)NCC2CCCCO2)CCCC1N. The van der Waals surface area contributed by atoms with Gasteiger partial charge in [-0.2, -0.15) is 0 Å². The van der Waals surface area contributed by atoms with Gasteiger partial charge < -0.3 is 15.8 Å². The average Bonchev–Trinajstić information content (AvgIpc) is 2.69. The number of rotatable bonds is 3. The molecule has 17 heavy (non-hydrogen) atoms. The van der Waals surface area contributed by atoms with E-state index in [1.807, 2.05) is 6.92 Å². The molecule has 1 aliphatic heterocycles. The van der Waals surface area contributed by atoms with Gasteiger partial charge in [0.1, 0.15) is 0 Å². The zero-order chi connectivity index (χ0) is 12.3. The van der Waals surface area contributed by atoms with Crippen LogP contribution in [0.1, 0.15) is 45.4 Å². The number of nitrogens with one attached hydrogen (secondary N) is 1. The van der Waals surface area contributed by atoms with E-state index < -0.39 is 0 Å². The van der Waals surface area contributed by atoms with Crippen LogP contribution in [-0.2, 0) is 9.53 Å². The van der Waals surface area contributed by atoms with Crippen molar-refractivity contribution in [2.45, 2.75) is 57.6 Å². The minimum atomic E-state index is -0.366. The van der Waals surface area contributed by atoms with Crippen LogP contribution in [0.3, 0.4) is 0 Å². The van der Waals surface area contributed by atoms with Crippen LogP contribution < -0.4 is 11.1 Å². The van der Waals surface area contributed by atoms with Crippen molar-refractivity contribution < 1.29 is 9.53 Å². The van der Waals surface area contributed by atoms with Crippen LogP contribution in [-0.4, -0.2) is 31.2 Å². The van der Waals surface area contributed by atoms with Crippen molar-refractivity contribution in [2.75, 3.05) is 13.2 Å². The van der Waals surface area contributed by atoms with Gasteiger partial charge in [0.2, 0.25) is 5.91 Å². The van der Waals surface area contributed by atoms with Crippen molar-refractivity contribution in [3.05, 3.63) is 0 Å². The Hall–Kier alpha value is -0.610. The maximum Gasteiger partial charge on any atom is 0.227 e. The minimum Gasteiger partial charge on any atom is -0.376 e. The fourth-order valence-electron chi connectivity index (χ4n) is 2.85. The third kappa shape index (κ3) is 2.80. The third-order valence-electron chi connectivity index (χ3n) is 4.31. The standard InChI is InChI=1S/C13H24N2O2/c1-13(7-4-6-11(13)14)12(16)15-9-10-5-2-3-8-17-10/h10-11H,2-9,14H2,1H3,(H,15,16). The van der Waals surface area contributed by atoms with Crippen molar-refractivity contribution in [1.29, 1.82) is 0 Å². The smallest absolute Gasteiger partial charge is 0.227 e. The molecule has 3 atom stereocenters. The monoisotopic (exact) mass is 240 g/mol. The van der Waals surface area contributed by atoms with E-state index in [-0.39, 0.29) is 23.5 Å². The first kappa shape index (κ1) is 12.8. The molecule has 1 amide bonds. The van der Waals surface area contributed by atoms with Crippen molar-refractivity contribution in [3.8, 4) is 0 Å². The summed E-state index contributed by atoms with van der Waals surface area (Å²) >= 11 is 0. The van der Waals surface area contributed by atoms with E-state index in [1.165, 1.54) is 6.42 Å². The lowest BCUT2D eigenvalue weighted by molar-refractivity contribution is -0.131. The molecule has 1 saturated heterocycles. The van der Waals surface area contributed by atoms with E-state index in [1.54, 1.807) is 0 Å². The highest BCUT2D eigenvalue weighted by Crippen LogP contribution is 2.36. The predicted octanol–water partition coefficient (Wildman–Crippen LogP) is 1.19. The molecule has 0 aromatic heterocycles. The Labute approximate surface area is 103 Å². The molecular formula is C13H24N2O2. The van der Waals surface area contributed by atoms with E-state index in [0.29, 0.717) is 6.54 Å². The molecule has 2 fully saturated rings. The molecule has 0 radical (unpaired) electrons. The van der Waals surface area contributed by atoms with E-state index in [2.05, 4.69) is 5.32 Å². The van der Waals surface area contributed by atoms with Crippen LogP contribution in [0.5, 0.6) is 0 Å². The summed E-state index contributed by atoms with van der Waals surface area (Å²) < 4.78 is 5.60. The molecule has 4 heteroatoms. The Morgan fingerprint density at radius 2 is 2.24 bits per heavy atom. The molecule has 2 aliphatic rings. The molecule has 0 bridgehead atoms.